The lowest BCUT2D eigenvalue weighted by Crippen LogP contribution is -1.98. The highest BCUT2D eigenvalue weighted by Crippen LogP contribution is 2.34. The lowest BCUT2D eigenvalue weighted by molar-refractivity contribution is 0.112. The summed E-state index contributed by atoms with van der Waals surface area (Å²) in [6.45, 7) is 2.15. The molecule has 0 saturated heterocycles. The lowest BCUT2D eigenvalue weighted by atomic mass is 9.94. The molecule has 0 N–H and O–H groups in total. The van der Waals surface area contributed by atoms with E-state index in [1.54, 1.807) is 14.2 Å². The summed E-state index contributed by atoms with van der Waals surface area (Å²) in [5.74, 6) is 1.52. The van der Waals surface area contributed by atoms with Crippen LogP contribution in [0.4, 0.5) is 0 Å². The summed E-state index contributed by atoms with van der Waals surface area (Å²) in [5, 5.41) is 2.06. The average Bonchev–Trinajstić information content (AvgIpc) is 2.51. The number of aldehydes is 1. The molecule has 0 radical (unpaired) electrons. The highest BCUT2D eigenvalue weighted by molar-refractivity contribution is 5.98. The second-order valence-corrected chi connectivity index (χ2v) is 4.78. The van der Waals surface area contributed by atoms with E-state index in [2.05, 4.69) is 6.92 Å². The van der Waals surface area contributed by atoms with E-state index in [0.29, 0.717) is 5.56 Å². The first-order chi connectivity index (χ1) is 9.74. The maximum Gasteiger partial charge on any atom is 0.150 e. The largest absolute Gasteiger partial charge is 0.497 e. The summed E-state index contributed by atoms with van der Waals surface area (Å²) in [6, 6.07) is 7.70. The molecule has 3 heteroatoms. The van der Waals surface area contributed by atoms with Crippen LogP contribution in [-0.2, 0) is 6.42 Å². The van der Waals surface area contributed by atoms with E-state index in [4.69, 9.17) is 9.47 Å². The van der Waals surface area contributed by atoms with Crippen LogP contribution in [-0.4, -0.2) is 20.5 Å². The maximum absolute atomic E-state index is 11.4. The summed E-state index contributed by atoms with van der Waals surface area (Å²) in [7, 11) is 3.27. The molecule has 0 spiro atoms. The van der Waals surface area contributed by atoms with Crippen molar-refractivity contribution in [3.05, 3.63) is 35.4 Å². The fourth-order valence-corrected chi connectivity index (χ4v) is 2.48. The first kappa shape index (κ1) is 14.4. The molecule has 2 aromatic rings. The van der Waals surface area contributed by atoms with Gasteiger partial charge in [0, 0.05) is 10.9 Å². The van der Waals surface area contributed by atoms with Gasteiger partial charge < -0.3 is 9.47 Å². The van der Waals surface area contributed by atoms with Crippen LogP contribution in [0.1, 0.15) is 35.7 Å². The first-order valence-electron chi connectivity index (χ1n) is 6.88. The summed E-state index contributed by atoms with van der Waals surface area (Å²) < 4.78 is 10.7. The highest BCUT2D eigenvalue weighted by Gasteiger charge is 2.13. The molecule has 0 aliphatic rings. The van der Waals surface area contributed by atoms with Gasteiger partial charge in [0.2, 0.25) is 0 Å². The molecular weight excluding hydrogens is 252 g/mol. The molecule has 0 aliphatic carbocycles. The second-order valence-electron chi connectivity index (χ2n) is 4.78. The number of hydrogen-bond donors (Lipinski definition) is 0. The van der Waals surface area contributed by atoms with Gasteiger partial charge in [0.05, 0.1) is 14.2 Å². The van der Waals surface area contributed by atoms with Gasteiger partial charge in [-0.05, 0) is 48.1 Å². The molecule has 0 amide bonds. The second kappa shape index (κ2) is 6.42. The Morgan fingerprint density at radius 3 is 2.50 bits per heavy atom. The Kier molecular flexibility index (Phi) is 4.61. The van der Waals surface area contributed by atoms with E-state index in [1.165, 1.54) is 0 Å². The predicted molar refractivity (Wildman–Crippen MR) is 81.1 cm³/mol. The Morgan fingerprint density at radius 1 is 1.10 bits per heavy atom. The number of aryl methyl sites for hydroxylation is 1. The molecule has 0 bridgehead atoms. The maximum atomic E-state index is 11.4. The Hall–Kier alpha value is -2.03. The number of carbonyl (C=O) groups is 1. The fourth-order valence-electron chi connectivity index (χ4n) is 2.48. The Morgan fingerprint density at radius 2 is 1.90 bits per heavy atom. The van der Waals surface area contributed by atoms with E-state index in [9.17, 15) is 4.79 Å². The molecule has 0 fully saturated rings. The molecular formula is C17H20O3. The minimum absolute atomic E-state index is 0.705. The molecule has 0 saturated carbocycles. The smallest absolute Gasteiger partial charge is 0.150 e. The number of methoxy groups -OCH3 is 2. The fraction of sp³-hybridized carbons (Fsp3) is 0.353. The molecule has 106 valence electrons. The zero-order valence-electron chi connectivity index (χ0n) is 12.2. The van der Waals surface area contributed by atoms with Crippen molar-refractivity contribution in [2.75, 3.05) is 14.2 Å². The molecule has 2 rings (SSSR count). The van der Waals surface area contributed by atoms with Gasteiger partial charge in [-0.1, -0.05) is 13.3 Å². The van der Waals surface area contributed by atoms with Gasteiger partial charge in [-0.2, -0.15) is 0 Å². The third-order valence-electron chi connectivity index (χ3n) is 3.58. The van der Waals surface area contributed by atoms with Crippen molar-refractivity contribution in [1.29, 1.82) is 0 Å². The predicted octanol–water partition coefficient (Wildman–Crippen LogP) is 4.01. The number of ether oxygens (including phenoxy) is 2. The molecule has 2 aromatic carbocycles. The molecule has 0 unspecified atom stereocenters. The molecule has 20 heavy (non-hydrogen) atoms. The van der Waals surface area contributed by atoms with Crippen LogP contribution < -0.4 is 9.47 Å². The number of fused-ring (bicyclic) bond motifs is 1. The monoisotopic (exact) mass is 272 g/mol. The Bertz CT molecular complexity index is 617. The van der Waals surface area contributed by atoms with Crippen LogP contribution in [0.25, 0.3) is 10.8 Å². The zero-order chi connectivity index (χ0) is 14.5. The summed E-state index contributed by atoms with van der Waals surface area (Å²) >= 11 is 0. The van der Waals surface area contributed by atoms with Crippen LogP contribution in [0.2, 0.25) is 0 Å². The number of carbonyl (C=O) groups excluding carboxylic acids is 1. The highest BCUT2D eigenvalue weighted by atomic mass is 16.5. The molecule has 0 aromatic heterocycles. The van der Waals surface area contributed by atoms with Crippen molar-refractivity contribution in [1.82, 2.24) is 0 Å². The third kappa shape index (κ3) is 2.62. The molecule has 0 heterocycles. The van der Waals surface area contributed by atoms with Gasteiger partial charge in [-0.25, -0.2) is 0 Å². The first-order valence-corrected chi connectivity index (χ1v) is 6.88. The van der Waals surface area contributed by atoms with E-state index < -0.39 is 0 Å². The van der Waals surface area contributed by atoms with Crippen LogP contribution in [0.15, 0.2) is 24.3 Å². The molecule has 0 atom stereocenters. The summed E-state index contributed by atoms with van der Waals surface area (Å²) in [4.78, 5) is 11.4. The van der Waals surface area contributed by atoms with Crippen molar-refractivity contribution in [2.45, 2.75) is 26.2 Å². The van der Waals surface area contributed by atoms with Gasteiger partial charge >= 0.3 is 0 Å². The third-order valence-corrected chi connectivity index (χ3v) is 3.58. The number of rotatable bonds is 6. The van der Waals surface area contributed by atoms with Crippen molar-refractivity contribution in [2.24, 2.45) is 0 Å². The van der Waals surface area contributed by atoms with Gasteiger partial charge in [-0.3, -0.25) is 4.79 Å². The minimum atomic E-state index is 0.705. The number of benzene rings is 2. The quantitative estimate of drug-likeness (QED) is 0.745. The van der Waals surface area contributed by atoms with Crippen molar-refractivity contribution < 1.29 is 14.3 Å². The molecule has 3 nitrogen and oxygen atoms in total. The SMILES string of the molecule is CCCCc1c(C=O)cc(OC)c2ccc(OC)cc12. The molecule has 0 aliphatic heterocycles. The van der Waals surface area contributed by atoms with E-state index >= 15 is 0 Å². The van der Waals surface area contributed by atoms with E-state index in [-0.39, 0.29) is 0 Å². The van der Waals surface area contributed by atoms with Gasteiger partial charge in [0.1, 0.15) is 17.8 Å². The van der Waals surface area contributed by atoms with Crippen LogP contribution >= 0.6 is 0 Å². The normalized spacial score (nSPS) is 10.6. The average molecular weight is 272 g/mol. The van der Waals surface area contributed by atoms with E-state index in [0.717, 1.165) is 53.4 Å². The Labute approximate surface area is 119 Å². The number of unbranched alkanes of at least 4 members (excludes halogenated alkanes) is 1. The zero-order valence-corrected chi connectivity index (χ0v) is 12.2. The van der Waals surface area contributed by atoms with Gasteiger partial charge in [0.25, 0.3) is 0 Å². The summed E-state index contributed by atoms with van der Waals surface area (Å²) in [6.07, 6.45) is 3.94. The van der Waals surface area contributed by atoms with Crippen molar-refractivity contribution in [3.63, 3.8) is 0 Å². The lowest BCUT2D eigenvalue weighted by Gasteiger charge is -2.14. The van der Waals surface area contributed by atoms with Gasteiger partial charge in [0.15, 0.2) is 0 Å². The van der Waals surface area contributed by atoms with Crippen LogP contribution in [0.5, 0.6) is 11.5 Å². The van der Waals surface area contributed by atoms with Crippen molar-refractivity contribution in [3.8, 4) is 11.5 Å². The van der Waals surface area contributed by atoms with Crippen LogP contribution in [0.3, 0.4) is 0 Å². The Balaban J connectivity index is 2.73. The van der Waals surface area contributed by atoms with Crippen molar-refractivity contribution >= 4 is 17.1 Å². The number of hydrogen-bond acceptors (Lipinski definition) is 3. The minimum Gasteiger partial charge on any atom is -0.497 e. The van der Waals surface area contributed by atoms with E-state index in [1.807, 2.05) is 24.3 Å². The van der Waals surface area contributed by atoms with Gasteiger partial charge in [-0.15, -0.1) is 0 Å². The summed E-state index contributed by atoms with van der Waals surface area (Å²) in [5.41, 5.74) is 1.78. The standard InChI is InChI=1S/C17H20O3/c1-4-5-6-14-12(11-18)9-17(20-3)15-8-7-13(19-2)10-16(14)15/h7-11H,4-6H2,1-3H3. The topological polar surface area (TPSA) is 35.5 Å². The van der Waals surface area contributed by atoms with Crippen LogP contribution in [0, 0.1) is 0 Å².